The van der Waals surface area contributed by atoms with Gasteiger partial charge in [-0.05, 0) is 135 Å². The molecule has 0 radical (unpaired) electrons. The van der Waals surface area contributed by atoms with Crippen LogP contribution >= 0.6 is 23.2 Å². The minimum absolute atomic E-state index is 0.0698. The number of anilines is 3. The van der Waals surface area contributed by atoms with Crippen molar-refractivity contribution in [2.24, 2.45) is 19.8 Å². The minimum atomic E-state index is -0.276. The molecule has 6 atom stereocenters. The first-order chi connectivity index (χ1) is 66.8. The van der Waals surface area contributed by atoms with Gasteiger partial charge in [0.05, 0.1) is 135 Å². The predicted octanol–water partition coefficient (Wildman–Crippen LogP) is 13.8. The van der Waals surface area contributed by atoms with Gasteiger partial charge in [0.15, 0.2) is 45.4 Å². The Kier molecular flexibility index (Phi) is 27.9. The second-order valence-electron chi connectivity index (χ2n) is 34.4. The van der Waals surface area contributed by atoms with E-state index in [4.69, 9.17) is 72.3 Å². The summed E-state index contributed by atoms with van der Waals surface area (Å²) in [5.41, 5.74) is 18.1. The molecule has 12 aromatic heterocycles. The van der Waals surface area contributed by atoms with Gasteiger partial charge in [-0.3, -0.25) is 37.7 Å². The molecule has 0 saturated carbocycles. The van der Waals surface area contributed by atoms with Crippen molar-refractivity contribution < 1.29 is 47.6 Å². The highest BCUT2D eigenvalue weighted by molar-refractivity contribution is 6.37. The maximum atomic E-state index is 14.0. The number of nitrogens with two attached hydrogens (primary N) is 1. The molecular weight excluding hydrogens is 1790 g/mol. The molecule has 6 aliphatic rings. The van der Waals surface area contributed by atoms with E-state index in [-0.39, 0.29) is 60.3 Å². The van der Waals surface area contributed by atoms with Crippen molar-refractivity contribution in [3.63, 3.8) is 0 Å². The number of aryl methyl sites for hydroxylation is 2. The number of H-pyrrole nitrogens is 1. The van der Waals surface area contributed by atoms with Crippen LogP contribution in [0.3, 0.4) is 0 Å². The van der Waals surface area contributed by atoms with Gasteiger partial charge in [-0.25, -0.2) is 64.8 Å². The molecule has 6 aliphatic heterocycles. The number of fused-ring (bicyclic) bond motifs is 7. The molecular formula is C97H104Cl2N28O10. The summed E-state index contributed by atoms with van der Waals surface area (Å²) < 4.78 is 41.1. The van der Waals surface area contributed by atoms with E-state index < -0.39 is 0 Å². The predicted molar refractivity (Wildman–Crippen MR) is 517 cm³/mol. The van der Waals surface area contributed by atoms with E-state index in [0.717, 1.165) is 129 Å². The zero-order valence-electron chi connectivity index (χ0n) is 76.6. The Balaban J connectivity index is 0.000000119. The largest absolute Gasteiger partial charge is 0.378 e. The van der Waals surface area contributed by atoms with E-state index in [9.17, 15) is 19.2 Å². The van der Waals surface area contributed by atoms with Crippen LogP contribution in [0.1, 0.15) is 168 Å². The number of hydrogen-bond acceptors (Lipinski definition) is 29. The van der Waals surface area contributed by atoms with Crippen molar-refractivity contribution in [3.8, 4) is 22.3 Å². The third kappa shape index (κ3) is 19.8. The number of pyridine rings is 4. The van der Waals surface area contributed by atoms with E-state index in [2.05, 4.69) is 81.0 Å². The van der Waals surface area contributed by atoms with Crippen molar-refractivity contribution in [3.05, 3.63) is 215 Å². The fourth-order valence-electron chi connectivity index (χ4n) is 18.0. The SMILES string of the molecule is C[C@H](N)c1cc2cccc(Cl)c2c(C(=O)N2CCOCC2)n1.C[C@H](Nc1ncnc2c1ncn2C1CCCCO1)c1cc2cccc(-c3cnn(C)c3)c2c(C(=O)N2CCOCC2)n1.C[C@H](Nc1ncnc2c1ncn2C1CCCCO1)c1cc2cccc(Cl)c2c(C(=O)N2CCOCC2)n1.C[C@H](Nc1ncnc2nc[nH]c12)c1cc2cccc(-c3cnn(C)c3)c2c(C(=O)N2CCOCC2)n1. The topological polar surface area (TPSA) is 428 Å². The molecule has 2 unspecified atom stereocenters. The Morgan fingerprint density at radius 3 is 1.16 bits per heavy atom. The van der Waals surface area contributed by atoms with Gasteiger partial charge in [0.2, 0.25) is 0 Å². The second kappa shape index (κ2) is 41.4. The number of ether oxygens (including phenoxy) is 6. The normalized spacial score (nSPS) is 17.5. The lowest BCUT2D eigenvalue weighted by molar-refractivity contribution is -0.0299. The first-order valence-corrected chi connectivity index (χ1v) is 46.9. The van der Waals surface area contributed by atoms with E-state index in [1.165, 1.54) is 12.7 Å². The summed E-state index contributed by atoms with van der Waals surface area (Å²) in [6.45, 7) is 17.8. The number of carbonyl (C=O) groups excluding carboxylic acids is 4. The summed E-state index contributed by atoms with van der Waals surface area (Å²) in [7, 11) is 3.76. The van der Waals surface area contributed by atoms with Gasteiger partial charge < -0.3 is 74.7 Å². The third-order valence-corrected chi connectivity index (χ3v) is 25.8. The average Bonchev–Trinajstić information content (AvgIpc) is 1.38. The molecule has 137 heavy (non-hydrogen) atoms. The first-order valence-electron chi connectivity index (χ1n) is 46.1. The molecule has 706 valence electrons. The molecule has 6 N–H and O–H groups in total. The summed E-state index contributed by atoms with van der Waals surface area (Å²) in [4.78, 5) is 124. The smallest absolute Gasteiger partial charge is 0.273 e. The molecule has 18 heterocycles. The number of aromatic nitrogens is 20. The van der Waals surface area contributed by atoms with Gasteiger partial charge >= 0.3 is 0 Å². The van der Waals surface area contributed by atoms with E-state index in [0.29, 0.717) is 200 Å². The molecule has 6 fully saturated rings. The second-order valence-corrected chi connectivity index (χ2v) is 35.2. The lowest BCUT2D eigenvalue weighted by Gasteiger charge is -2.27. The molecule has 0 spiro atoms. The van der Waals surface area contributed by atoms with Crippen LogP contribution in [0.25, 0.3) is 98.8 Å². The number of halogens is 2. The summed E-state index contributed by atoms with van der Waals surface area (Å²) in [6.07, 6.45) is 23.3. The van der Waals surface area contributed by atoms with Crippen molar-refractivity contribution in [1.82, 2.24) is 118 Å². The number of morpholine rings is 4. The number of aromatic amines is 1. The Hall–Kier alpha value is -13.8. The Labute approximate surface area is 796 Å². The maximum Gasteiger partial charge on any atom is 0.273 e. The summed E-state index contributed by atoms with van der Waals surface area (Å²) in [5.74, 6) is 1.35. The van der Waals surface area contributed by atoms with Gasteiger partial charge in [-0.2, -0.15) is 10.2 Å². The lowest BCUT2D eigenvalue weighted by atomic mass is 9.97. The number of carbonyl (C=O) groups is 4. The van der Waals surface area contributed by atoms with Crippen LogP contribution in [0.4, 0.5) is 17.5 Å². The number of rotatable bonds is 18. The monoisotopic (exact) mass is 1890 g/mol. The van der Waals surface area contributed by atoms with E-state index >= 15 is 0 Å². The number of amides is 4. The zero-order chi connectivity index (χ0) is 94.3. The molecule has 22 rings (SSSR count). The van der Waals surface area contributed by atoms with Crippen LogP contribution in [-0.4, -0.2) is 260 Å². The van der Waals surface area contributed by atoms with Crippen molar-refractivity contribution in [2.75, 3.05) is 134 Å². The number of nitrogens with one attached hydrogen (secondary N) is 4. The first kappa shape index (κ1) is 92.2. The molecule has 40 heteroatoms. The Morgan fingerprint density at radius 2 is 0.781 bits per heavy atom. The highest BCUT2D eigenvalue weighted by Gasteiger charge is 2.33. The maximum absolute atomic E-state index is 14.0. The van der Waals surface area contributed by atoms with Crippen LogP contribution in [0.15, 0.2) is 160 Å². The molecule has 0 aliphatic carbocycles. The van der Waals surface area contributed by atoms with Crippen LogP contribution < -0.4 is 21.7 Å². The summed E-state index contributed by atoms with van der Waals surface area (Å²) in [6, 6.07) is 30.1. The Morgan fingerprint density at radius 1 is 0.423 bits per heavy atom. The average molecular weight is 1890 g/mol. The third-order valence-electron chi connectivity index (χ3n) is 25.2. The highest BCUT2D eigenvalue weighted by atomic mass is 35.5. The molecule has 0 bridgehead atoms. The number of hydrogen-bond donors (Lipinski definition) is 5. The molecule has 16 aromatic rings. The van der Waals surface area contributed by atoms with Crippen LogP contribution in [0, 0.1) is 0 Å². The van der Waals surface area contributed by atoms with Gasteiger partial charge in [-0.1, -0.05) is 83.9 Å². The van der Waals surface area contributed by atoms with Gasteiger partial charge in [0, 0.05) is 131 Å². The number of imidazole rings is 3. The lowest BCUT2D eigenvalue weighted by Crippen LogP contribution is -2.41. The zero-order valence-corrected chi connectivity index (χ0v) is 78.2. The van der Waals surface area contributed by atoms with Crippen molar-refractivity contribution >= 4 is 141 Å². The molecule has 38 nitrogen and oxygen atoms in total. The fraction of sp³-hybridized carbons (Fsp3) is 0.371. The van der Waals surface area contributed by atoms with Crippen molar-refractivity contribution in [2.45, 2.75) is 103 Å². The Bertz CT molecular complexity index is 7110. The molecule has 6 saturated heterocycles. The van der Waals surface area contributed by atoms with Gasteiger partial charge in [-0.15, -0.1) is 0 Å². The highest BCUT2D eigenvalue weighted by Crippen LogP contribution is 2.40. The summed E-state index contributed by atoms with van der Waals surface area (Å²) >= 11 is 12.9. The quantitative estimate of drug-likeness (QED) is 0.0532. The molecule has 4 amide bonds. The molecule has 4 aromatic carbocycles. The van der Waals surface area contributed by atoms with Crippen molar-refractivity contribution in [1.29, 1.82) is 0 Å². The number of benzene rings is 4. The number of nitrogens with zero attached hydrogens (tertiary/aromatic N) is 23. The van der Waals surface area contributed by atoms with Crippen LogP contribution in [0.5, 0.6) is 0 Å². The van der Waals surface area contributed by atoms with E-state index in [1.807, 2.05) is 164 Å². The minimum Gasteiger partial charge on any atom is -0.378 e. The van der Waals surface area contributed by atoms with Crippen LogP contribution in [-0.2, 0) is 42.5 Å². The van der Waals surface area contributed by atoms with E-state index in [1.54, 1.807) is 62.8 Å². The van der Waals surface area contributed by atoms with Crippen LogP contribution in [0.2, 0.25) is 10.0 Å². The fourth-order valence-corrected chi connectivity index (χ4v) is 18.5. The summed E-state index contributed by atoms with van der Waals surface area (Å²) in [5, 5.41) is 26.6. The van der Waals surface area contributed by atoms with Gasteiger partial charge in [0.1, 0.15) is 59.7 Å². The standard InChI is InChI=1S/C30H33N9O3.C26H28ClN7O3.C25H25N9O2.C16H18ClN3O2/c1-19(35-28-27-29(32-17-31-28)39(18-33-27)24-8-3-4-11-42-24)23-14-20-6-5-7-22(21-15-34-37(2)16-21)25(20)26(36-23)30(40)38-9-12-41-13-10-38;1-16(31-24-23-25(29-14-28-24)34(15-30-23)20-7-2-3-10-37-20)19-13-17-5-4-6-18(27)21(17)22(32-19)26(35)33-8-11-36-12-9-33;1-15(31-24-22-23(27-13-26-22)28-14-29-24)19-10-16-4-3-5-18(17-11-30-33(2)12-17)20(16)21(32-19)25(35)34-6-8-36-9-7-34;1-10(18)13-9-11-3-2-4-12(17)14(11)15(19-13)16(21)20-5-7-22-8-6-20/h5-7,14-19,24H,3-4,8-13H2,1-2H3,(H,31,32,35);4-6,13-16,20H,2-3,7-12H2,1H3,(H,28,29,31);3-5,10-15H,6-9H2,1-2H3,(H2,26,27,28,29,31);2-4,9-10H,5-8,18H2,1H3/t19-,24?;16-,20?;15-;10-/m0000/s1. The van der Waals surface area contributed by atoms with Gasteiger partial charge in [0.25, 0.3) is 23.6 Å².